The molecule has 5 heteroatoms. The predicted octanol–water partition coefficient (Wildman–Crippen LogP) is 1.34. The number of nitrogens with one attached hydrogen (secondary N) is 2. The highest BCUT2D eigenvalue weighted by Crippen LogP contribution is 2.22. The Hall–Kier alpha value is -1.07. The van der Waals surface area contributed by atoms with Crippen molar-refractivity contribution >= 4 is 0 Å². The fraction of sp³-hybridized carbons (Fsp3) is 0.400. The molecule has 0 bridgehead atoms. The number of hydrogen-bond acceptors (Lipinski definition) is 2. The van der Waals surface area contributed by atoms with Crippen molar-refractivity contribution in [3.8, 4) is 0 Å². The summed E-state index contributed by atoms with van der Waals surface area (Å²) < 4.78 is 39.4. The summed E-state index contributed by atoms with van der Waals surface area (Å²) in [4.78, 5) is 0. The van der Waals surface area contributed by atoms with Crippen LogP contribution in [0.3, 0.4) is 0 Å². The van der Waals surface area contributed by atoms with Crippen LogP contribution in [0.2, 0.25) is 0 Å². The molecule has 2 rings (SSSR count). The van der Waals surface area contributed by atoms with E-state index in [1.807, 2.05) is 0 Å². The normalized spacial score (nSPS) is 21.7. The second-order valence-corrected chi connectivity index (χ2v) is 3.49. The number of piperazine rings is 1. The standard InChI is InChI=1S/C10H11F3N2/c11-6-3-7(12)10(8(13)4-6)9-5-14-1-2-15-9/h3-4,9,14-15H,1-2,5H2/t9-/m1/s1. The maximum absolute atomic E-state index is 13.3. The van der Waals surface area contributed by atoms with Crippen LogP contribution in [0.4, 0.5) is 13.2 Å². The zero-order chi connectivity index (χ0) is 10.8. The zero-order valence-electron chi connectivity index (χ0n) is 7.99. The van der Waals surface area contributed by atoms with E-state index in [0.29, 0.717) is 25.2 Å². The molecule has 1 aliphatic rings. The molecule has 0 aliphatic carbocycles. The van der Waals surface area contributed by atoms with E-state index in [0.717, 1.165) is 6.54 Å². The molecule has 1 fully saturated rings. The summed E-state index contributed by atoms with van der Waals surface area (Å²) in [5.41, 5.74) is -0.0939. The fourth-order valence-corrected chi connectivity index (χ4v) is 1.74. The first-order chi connectivity index (χ1) is 7.18. The van der Waals surface area contributed by atoms with Crippen LogP contribution in [0.15, 0.2) is 12.1 Å². The van der Waals surface area contributed by atoms with Crippen LogP contribution in [-0.4, -0.2) is 19.6 Å². The first-order valence-electron chi connectivity index (χ1n) is 4.77. The topological polar surface area (TPSA) is 24.1 Å². The number of rotatable bonds is 1. The molecule has 1 atom stereocenters. The molecule has 1 aliphatic heterocycles. The Kier molecular flexibility index (Phi) is 2.93. The Labute approximate surface area is 85.5 Å². The first-order valence-corrected chi connectivity index (χ1v) is 4.77. The van der Waals surface area contributed by atoms with Crippen molar-refractivity contribution in [3.05, 3.63) is 35.1 Å². The summed E-state index contributed by atoms with van der Waals surface area (Å²) in [6.07, 6.45) is 0. The molecule has 2 N–H and O–H groups in total. The van der Waals surface area contributed by atoms with Crippen molar-refractivity contribution in [3.63, 3.8) is 0 Å². The third-order valence-corrected chi connectivity index (χ3v) is 2.43. The van der Waals surface area contributed by atoms with Gasteiger partial charge < -0.3 is 10.6 Å². The van der Waals surface area contributed by atoms with Gasteiger partial charge in [-0.05, 0) is 0 Å². The van der Waals surface area contributed by atoms with Crippen molar-refractivity contribution in [2.45, 2.75) is 6.04 Å². The van der Waals surface area contributed by atoms with Crippen molar-refractivity contribution < 1.29 is 13.2 Å². The van der Waals surface area contributed by atoms with E-state index < -0.39 is 23.5 Å². The van der Waals surface area contributed by atoms with Gasteiger partial charge in [0.25, 0.3) is 0 Å². The molecule has 1 saturated heterocycles. The van der Waals surface area contributed by atoms with E-state index >= 15 is 0 Å². The Morgan fingerprint density at radius 1 is 1.07 bits per heavy atom. The second kappa shape index (κ2) is 4.20. The van der Waals surface area contributed by atoms with Crippen LogP contribution < -0.4 is 10.6 Å². The average Bonchev–Trinajstić information content (AvgIpc) is 2.17. The van der Waals surface area contributed by atoms with Gasteiger partial charge >= 0.3 is 0 Å². The lowest BCUT2D eigenvalue weighted by Gasteiger charge is -2.25. The molecule has 0 saturated carbocycles. The van der Waals surface area contributed by atoms with E-state index in [4.69, 9.17) is 0 Å². The Morgan fingerprint density at radius 3 is 2.27 bits per heavy atom. The average molecular weight is 216 g/mol. The molecular weight excluding hydrogens is 205 g/mol. The molecule has 2 nitrogen and oxygen atoms in total. The van der Waals surface area contributed by atoms with Gasteiger partial charge in [-0.1, -0.05) is 0 Å². The quantitative estimate of drug-likeness (QED) is 0.740. The van der Waals surface area contributed by atoms with Crippen LogP contribution in [-0.2, 0) is 0 Å². The first kappa shape index (κ1) is 10.4. The van der Waals surface area contributed by atoms with Crippen molar-refractivity contribution in [1.29, 1.82) is 0 Å². The van der Waals surface area contributed by atoms with E-state index in [2.05, 4.69) is 10.6 Å². The lowest BCUT2D eigenvalue weighted by Crippen LogP contribution is -2.43. The van der Waals surface area contributed by atoms with Crippen LogP contribution in [0.5, 0.6) is 0 Å². The third kappa shape index (κ3) is 2.13. The highest BCUT2D eigenvalue weighted by Gasteiger charge is 2.22. The maximum atomic E-state index is 13.3. The SMILES string of the molecule is Fc1cc(F)c([C@H]2CNCCN2)c(F)c1. The van der Waals surface area contributed by atoms with Gasteiger partial charge in [-0.3, -0.25) is 0 Å². The van der Waals surface area contributed by atoms with Crippen LogP contribution >= 0.6 is 0 Å². The second-order valence-electron chi connectivity index (χ2n) is 3.49. The Balaban J connectivity index is 2.33. The van der Waals surface area contributed by atoms with Crippen molar-refractivity contribution in [2.24, 2.45) is 0 Å². The molecule has 82 valence electrons. The highest BCUT2D eigenvalue weighted by molar-refractivity contribution is 5.25. The van der Waals surface area contributed by atoms with Gasteiger partial charge in [0.05, 0.1) is 6.04 Å². The molecule has 0 spiro atoms. The van der Waals surface area contributed by atoms with Gasteiger partial charge in [0.1, 0.15) is 17.5 Å². The van der Waals surface area contributed by atoms with E-state index in [9.17, 15) is 13.2 Å². The Morgan fingerprint density at radius 2 is 1.73 bits per heavy atom. The van der Waals surface area contributed by atoms with Crippen LogP contribution in [0.25, 0.3) is 0 Å². The van der Waals surface area contributed by atoms with E-state index in [-0.39, 0.29) is 5.56 Å². The molecular formula is C10H11F3N2. The maximum Gasteiger partial charge on any atom is 0.133 e. The van der Waals surface area contributed by atoms with Gasteiger partial charge in [0.2, 0.25) is 0 Å². The number of benzene rings is 1. The van der Waals surface area contributed by atoms with Crippen molar-refractivity contribution in [1.82, 2.24) is 10.6 Å². The monoisotopic (exact) mass is 216 g/mol. The highest BCUT2D eigenvalue weighted by atomic mass is 19.1. The van der Waals surface area contributed by atoms with Gasteiger partial charge in [0.15, 0.2) is 0 Å². The minimum Gasteiger partial charge on any atom is -0.314 e. The molecule has 0 radical (unpaired) electrons. The summed E-state index contributed by atoms with van der Waals surface area (Å²) in [7, 11) is 0. The molecule has 0 unspecified atom stereocenters. The Bertz CT molecular complexity index is 339. The number of halogens is 3. The van der Waals surface area contributed by atoms with Gasteiger partial charge in [-0.2, -0.15) is 0 Å². The van der Waals surface area contributed by atoms with Gasteiger partial charge in [0, 0.05) is 37.3 Å². The van der Waals surface area contributed by atoms with Gasteiger partial charge in [-0.15, -0.1) is 0 Å². The summed E-state index contributed by atoms with van der Waals surface area (Å²) in [5.74, 6) is -2.57. The minimum atomic E-state index is -0.891. The third-order valence-electron chi connectivity index (χ3n) is 2.43. The molecule has 0 aromatic heterocycles. The predicted molar refractivity (Wildman–Crippen MR) is 49.9 cm³/mol. The van der Waals surface area contributed by atoms with Crippen LogP contribution in [0.1, 0.15) is 11.6 Å². The smallest absolute Gasteiger partial charge is 0.133 e. The lowest BCUT2D eigenvalue weighted by atomic mass is 10.0. The summed E-state index contributed by atoms with van der Waals surface area (Å²) in [5, 5.41) is 5.98. The molecule has 0 amide bonds. The van der Waals surface area contributed by atoms with Gasteiger partial charge in [-0.25, -0.2) is 13.2 Å². The minimum absolute atomic E-state index is 0.0939. The fourth-order valence-electron chi connectivity index (χ4n) is 1.74. The van der Waals surface area contributed by atoms with Crippen LogP contribution in [0, 0.1) is 17.5 Å². The molecule has 15 heavy (non-hydrogen) atoms. The molecule has 1 aromatic carbocycles. The largest absolute Gasteiger partial charge is 0.314 e. The van der Waals surface area contributed by atoms with Crippen molar-refractivity contribution in [2.75, 3.05) is 19.6 Å². The van der Waals surface area contributed by atoms with E-state index in [1.54, 1.807) is 0 Å². The lowest BCUT2D eigenvalue weighted by molar-refractivity contribution is 0.397. The summed E-state index contributed by atoms with van der Waals surface area (Å²) >= 11 is 0. The zero-order valence-corrected chi connectivity index (χ0v) is 7.99. The number of hydrogen-bond donors (Lipinski definition) is 2. The summed E-state index contributed by atoms with van der Waals surface area (Å²) in [6, 6.07) is 0.975. The summed E-state index contributed by atoms with van der Waals surface area (Å²) in [6.45, 7) is 1.85. The molecule has 1 heterocycles. The molecule has 1 aromatic rings. The van der Waals surface area contributed by atoms with E-state index in [1.165, 1.54) is 0 Å².